The fraction of sp³-hybridized carbons (Fsp3) is 0.533. The van der Waals surface area contributed by atoms with Gasteiger partial charge in [-0.05, 0) is 49.8 Å². The zero-order chi connectivity index (χ0) is 13.7. The number of benzene rings is 1. The van der Waals surface area contributed by atoms with Gasteiger partial charge in [0.15, 0.2) is 11.5 Å². The Morgan fingerprint density at radius 1 is 1.32 bits per heavy atom. The minimum absolute atomic E-state index is 0.134. The van der Waals surface area contributed by atoms with Gasteiger partial charge in [0.25, 0.3) is 0 Å². The SMILES string of the molecule is COc1ccc(CCC(=O)O)cc1OC1CCCC1. The molecule has 1 aromatic carbocycles. The lowest BCUT2D eigenvalue weighted by Crippen LogP contribution is -2.11. The monoisotopic (exact) mass is 264 g/mol. The summed E-state index contributed by atoms with van der Waals surface area (Å²) in [6.07, 6.45) is 5.52. The summed E-state index contributed by atoms with van der Waals surface area (Å²) in [5.74, 6) is 0.664. The second-order valence-electron chi connectivity index (χ2n) is 4.90. The lowest BCUT2D eigenvalue weighted by Gasteiger charge is -2.16. The molecule has 4 heteroatoms. The number of methoxy groups -OCH3 is 1. The molecule has 1 saturated carbocycles. The Labute approximate surface area is 113 Å². The molecular weight excluding hydrogens is 244 g/mol. The molecule has 1 aliphatic carbocycles. The van der Waals surface area contributed by atoms with Crippen LogP contribution in [0.4, 0.5) is 0 Å². The summed E-state index contributed by atoms with van der Waals surface area (Å²) in [4.78, 5) is 10.6. The number of carboxylic acid groups (broad SMARTS) is 1. The third kappa shape index (κ3) is 3.88. The molecule has 1 aromatic rings. The molecule has 0 aliphatic heterocycles. The zero-order valence-corrected chi connectivity index (χ0v) is 11.2. The molecule has 104 valence electrons. The van der Waals surface area contributed by atoms with Gasteiger partial charge in [0.1, 0.15) is 0 Å². The number of aliphatic carboxylic acids is 1. The van der Waals surface area contributed by atoms with Crippen molar-refractivity contribution in [2.75, 3.05) is 7.11 Å². The first-order valence-electron chi connectivity index (χ1n) is 6.74. The average molecular weight is 264 g/mol. The molecule has 0 spiro atoms. The number of ether oxygens (including phenoxy) is 2. The van der Waals surface area contributed by atoms with Crippen LogP contribution in [0.15, 0.2) is 18.2 Å². The minimum Gasteiger partial charge on any atom is -0.493 e. The van der Waals surface area contributed by atoms with Crippen LogP contribution in [0.25, 0.3) is 0 Å². The predicted molar refractivity (Wildman–Crippen MR) is 71.8 cm³/mol. The maximum Gasteiger partial charge on any atom is 0.303 e. The fourth-order valence-corrected chi connectivity index (χ4v) is 2.41. The van der Waals surface area contributed by atoms with Crippen LogP contribution in [-0.4, -0.2) is 24.3 Å². The summed E-state index contributed by atoms with van der Waals surface area (Å²) in [5, 5.41) is 8.72. The Balaban J connectivity index is 2.08. The van der Waals surface area contributed by atoms with Crippen LogP contribution < -0.4 is 9.47 Å². The highest BCUT2D eigenvalue weighted by Gasteiger charge is 2.18. The van der Waals surface area contributed by atoms with Gasteiger partial charge in [-0.3, -0.25) is 4.79 Å². The molecule has 2 rings (SSSR count). The van der Waals surface area contributed by atoms with E-state index in [-0.39, 0.29) is 12.5 Å². The molecule has 0 radical (unpaired) electrons. The van der Waals surface area contributed by atoms with E-state index in [0.717, 1.165) is 24.2 Å². The fourth-order valence-electron chi connectivity index (χ4n) is 2.41. The Morgan fingerprint density at radius 2 is 2.05 bits per heavy atom. The van der Waals surface area contributed by atoms with Crippen LogP contribution in [0.2, 0.25) is 0 Å². The largest absolute Gasteiger partial charge is 0.493 e. The molecule has 19 heavy (non-hydrogen) atoms. The van der Waals surface area contributed by atoms with E-state index in [1.165, 1.54) is 12.8 Å². The van der Waals surface area contributed by atoms with Crippen molar-refractivity contribution < 1.29 is 19.4 Å². The van der Waals surface area contributed by atoms with Gasteiger partial charge in [0.2, 0.25) is 0 Å². The topological polar surface area (TPSA) is 55.8 Å². The summed E-state index contributed by atoms with van der Waals surface area (Å²) in [6, 6.07) is 5.64. The van der Waals surface area contributed by atoms with E-state index in [9.17, 15) is 4.79 Å². The van der Waals surface area contributed by atoms with Crippen LogP contribution in [0.3, 0.4) is 0 Å². The van der Waals surface area contributed by atoms with Crippen molar-refractivity contribution in [1.29, 1.82) is 0 Å². The van der Waals surface area contributed by atoms with Gasteiger partial charge in [-0.1, -0.05) is 6.07 Å². The number of rotatable bonds is 6. The van der Waals surface area contributed by atoms with Crippen molar-refractivity contribution >= 4 is 5.97 Å². The molecular formula is C15H20O4. The van der Waals surface area contributed by atoms with Crippen LogP contribution >= 0.6 is 0 Å². The molecule has 0 amide bonds. The highest BCUT2D eigenvalue weighted by molar-refractivity contribution is 5.67. The lowest BCUT2D eigenvalue weighted by atomic mass is 10.1. The van der Waals surface area contributed by atoms with Gasteiger partial charge in [0.05, 0.1) is 13.2 Å². The molecule has 0 aromatic heterocycles. The first-order valence-corrected chi connectivity index (χ1v) is 6.74. The summed E-state index contributed by atoms with van der Waals surface area (Å²) < 4.78 is 11.3. The van der Waals surface area contributed by atoms with E-state index in [0.29, 0.717) is 12.2 Å². The number of carbonyl (C=O) groups is 1. The van der Waals surface area contributed by atoms with E-state index >= 15 is 0 Å². The van der Waals surface area contributed by atoms with Crippen molar-refractivity contribution in [3.8, 4) is 11.5 Å². The van der Waals surface area contributed by atoms with E-state index in [2.05, 4.69) is 0 Å². The number of hydrogen-bond acceptors (Lipinski definition) is 3. The van der Waals surface area contributed by atoms with Gasteiger partial charge < -0.3 is 14.6 Å². The predicted octanol–water partition coefficient (Wildman–Crippen LogP) is 3.03. The quantitative estimate of drug-likeness (QED) is 0.858. The second kappa shape index (κ2) is 6.45. The van der Waals surface area contributed by atoms with Gasteiger partial charge in [0, 0.05) is 6.42 Å². The first kappa shape index (κ1) is 13.7. The zero-order valence-electron chi connectivity index (χ0n) is 11.2. The summed E-state index contributed by atoms with van der Waals surface area (Å²) in [5.41, 5.74) is 0.969. The number of aryl methyl sites for hydroxylation is 1. The van der Waals surface area contributed by atoms with Crippen molar-refractivity contribution in [2.45, 2.75) is 44.6 Å². The third-order valence-corrected chi connectivity index (χ3v) is 3.45. The molecule has 0 bridgehead atoms. The molecule has 0 atom stereocenters. The molecule has 4 nitrogen and oxygen atoms in total. The van der Waals surface area contributed by atoms with Gasteiger partial charge in [-0.2, -0.15) is 0 Å². The van der Waals surface area contributed by atoms with Crippen molar-refractivity contribution in [3.05, 3.63) is 23.8 Å². The van der Waals surface area contributed by atoms with E-state index in [1.54, 1.807) is 7.11 Å². The van der Waals surface area contributed by atoms with Crippen LogP contribution in [0.1, 0.15) is 37.7 Å². The highest BCUT2D eigenvalue weighted by atomic mass is 16.5. The van der Waals surface area contributed by atoms with Crippen LogP contribution in [0.5, 0.6) is 11.5 Å². The molecule has 1 N–H and O–H groups in total. The molecule has 0 unspecified atom stereocenters. The standard InChI is InChI=1S/C15H20O4/c1-18-13-8-6-11(7-9-15(16)17)10-14(13)19-12-4-2-3-5-12/h6,8,10,12H,2-5,7,9H2,1H3,(H,16,17). The molecule has 1 fully saturated rings. The van der Waals surface area contributed by atoms with Crippen LogP contribution in [-0.2, 0) is 11.2 Å². The summed E-state index contributed by atoms with van der Waals surface area (Å²) >= 11 is 0. The number of carboxylic acids is 1. The molecule has 1 aliphatic rings. The third-order valence-electron chi connectivity index (χ3n) is 3.45. The second-order valence-corrected chi connectivity index (χ2v) is 4.90. The van der Waals surface area contributed by atoms with Gasteiger partial charge in [-0.15, -0.1) is 0 Å². The Morgan fingerprint density at radius 3 is 2.68 bits per heavy atom. The van der Waals surface area contributed by atoms with Gasteiger partial charge in [-0.25, -0.2) is 0 Å². The van der Waals surface area contributed by atoms with E-state index in [4.69, 9.17) is 14.6 Å². The first-order chi connectivity index (χ1) is 9.19. The highest BCUT2D eigenvalue weighted by Crippen LogP contribution is 2.32. The Bertz CT molecular complexity index is 436. The normalized spacial score (nSPS) is 15.4. The van der Waals surface area contributed by atoms with Crippen molar-refractivity contribution in [2.24, 2.45) is 0 Å². The minimum atomic E-state index is -0.783. The maximum atomic E-state index is 10.6. The van der Waals surface area contributed by atoms with Crippen molar-refractivity contribution in [3.63, 3.8) is 0 Å². The maximum absolute atomic E-state index is 10.6. The summed E-state index contributed by atoms with van der Waals surface area (Å²) in [7, 11) is 1.62. The molecule has 0 heterocycles. The Hall–Kier alpha value is -1.71. The summed E-state index contributed by atoms with van der Waals surface area (Å²) in [6.45, 7) is 0. The lowest BCUT2D eigenvalue weighted by molar-refractivity contribution is -0.136. The smallest absolute Gasteiger partial charge is 0.303 e. The van der Waals surface area contributed by atoms with E-state index < -0.39 is 5.97 Å². The van der Waals surface area contributed by atoms with Gasteiger partial charge >= 0.3 is 5.97 Å². The average Bonchev–Trinajstić information content (AvgIpc) is 2.89. The van der Waals surface area contributed by atoms with E-state index in [1.807, 2.05) is 18.2 Å². The van der Waals surface area contributed by atoms with Crippen LogP contribution in [0, 0.1) is 0 Å². The number of hydrogen-bond donors (Lipinski definition) is 1. The molecule has 0 saturated heterocycles. The Kier molecular flexibility index (Phi) is 4.66. The van der Waals surface area contributed by atoms with Crippen molar-refractivity contribution in [1.82, 2.24) is 0 Å².